The van der Waals surface area contributed by atoms with Crippen LogP contribution in [0.4, 0.5) is 5.69 Å². The summed E-state index contributed by atoms with van der Waals surface area (Å²) >= 11 is 0. The molecule has 1 aliphatic rings. The summed E-state index contributed by atoms with van der Waals surface area (Å²) in [6, 6.07) is 4.28. The van der Waals surface area contributed by atoms with Crippen LogP contribution in [0.3, 0.4) is 0 Å². The number of nitrogens with two attached hydrogens (primary N) is 1. The Kier molecular flexibility index (Phi) is 2.14. The van der Waals surface area contributed by atoms with Gasteiger partial charge in [0.25, 0.3) is 0 Å². The Morgan fingerprint density at radius 2 is 2.14 bits per heavy atom. The Balaban J connectivity index is 2.53. The van der Waals surface area contributed by atoms with E-state index in [4.69, 9.17) is 10.5 Å². The van der Waals surface area contributed by atoms with Crippen molar-refractivity contribution in [1.29, 1.82) is 0 Å². The third-order valence-corrected chi connectivity index (χ3v) is 2.89. The number of nitrogen functional groups attached to an aromatic ring is 1. The highest BCUT2D eigenvalue weighted by molar-refractivity contribution is 5.65. The Morgan fingerprint density at radius 1 is 1.43 bits per heavy atom. The fourth-order valence-electron chi connectivity index (χ4n) is 1.98. The zero-order valence-electron chi connectivity index (χ0n) is 9.00. The van der Waals surface area contributed by atoms with Crippen molar-refractivity contribution in [2.75, 3.05) is 12.3 Å². The number of fused-ring (bicyclic) bond motifs is 1. The van der Waals surface area contributed by atoms with Crippen molar-refractivity contribution >= 4 is 5.69 Å². The molecular formula is C12H17NO. The number of hydrogen-bond donors (Lipinski definition) is 1. The van der Waals surface area contributed by atoms with Crippen LogP contribution in [0.5, 0.6) is 5.75 Å². The van der Waals surface area contributed by atoms with Gasteiger partial charge in [-0.05, 0) is 11.5 Å². The van der Waals surface area contributed by atoms with Gasteiger partial charge in [0.05, 0.1) is 12.3 Å². The molecule has 1 unspecified atom stereocenters. The monoisotopic (exact) mass is 191 g/mol. The van der Waals surface area contributed by atoms with Crippen molar-refractivity contribution in [3.05, 3.63) is 23.3 Å². The molecule has 0 aromatic heterocycles. The summed E-state index contributed by atoms with van der Waals surface area (Å²) in [5.41, 5.74) is 9.36. The molecule has 2 heteroatoms. The minimum absolute atomic E-state index is 0.458. The van der Waals surface area contributed by atoms with Crippen LogP contribution in [-0.2, 0) is 0 Å². The Bertz CT molecular complexity index is 358. The zero-order chi connectivity index (χ0) is 10.3. The summed E-state index contributed by atoms with van der Waals surface area (Å²) < 4.78 is 5.61. The van der Waals surface area contributed by atoms with Gasteiger partial charge < -0.3 is 10.5 Å². The maximum absolute atomic E-state index is 6.07. The number of rotatable bonds is 1. The highest BCUT2D eigenvalue weighted by Crippen LogP contribution is 2.41. The second-order valence-corrected chi connectivity index (χ2v) is 4.35. The molecular weight excluding hydrogens is 174 g/mol. The third-order valence-electron chi connectivity index (χ3n) is 2.89. The van der Waals surface area contributed by atoms with Crippen LogP contribution >= 0.6 is 0 Å². The van der Waals surface area contributed by atoms with Gasteiger partial charge in [-0.25, -0.2) is 0 Å². The summed E-state index contributed by atoms with van der Waals surface area (Å²) in [6.07, 6.45) is 0. The normalized spacial score (nSPS) is 19.6. The third kappa shape index (κ3) is 1.26. The molecule has 2 N–H and O–H groups in total. The molecule has 1 aromatic rings. The largest absolute Gasteiger partial charge is 0.490 e. The van der Waals surface area contributed by atoms with Crippen molar-refractivity contribution in [2.45, 2.75) is 32.6 Å². The highest BCUT2D eigenvalue weighted by atomic mass is 16.5. The summed E-state index contributed by atoms with van der Waals surface area (Å²) in [4.78, 5) is 0. The molecule has 0 bridgehead atoms. The predicted octanol–water partition coefficient (Wildman–Crippen LogP) is 2.89. The summed E-state index contributed by atoms with van der Waals surface area (Å²) in [6.45, 7) is 7.23. The van der Waals surface area contributed by atoms with Gasteiger partial charge in [0.1, 0.15) is 5.75 Å². The van der Waals surface area contributed by atoms with E-state index >= 15 is 0 Å². The Labute approximate surface area is 85.1 Å². The molecule has 0 fully saturated rings. The molecule has 0 amide bonds. The molecule has 0 saturated heterocycles. The molecule has 0 aliphatic carbocycles. The minimum Gasteiger partial charge on any atom is -0.490 e. The van der Waals surface area contributed by atoms with Crippen LogP contribution in [0, 0.1) is 0 Å². The van der Waals surface area contributed by atoms with E-state index in [2.05, 4.69) is 32.9 Å². The summed E-state index contributed by atoms with van der Waals surface area (Å²) in [7, 11) is 0. The van der Waals surface area contributed by atoms with Crippen LogP contribution in [0.15, 0.2) is 12.1 Å². The van der Waals surface area contributed by atoms with Gasteiger partial charge in [-0.1, -0.05) is 32.9 Å². The summed E-state index contributed by atoms with van der Waals surface area (Å²) in [5, 5.41) is 0. The van der Waals surface area contributed by atoms with Gasteiger partial charge in [0.15, 0.2) is 0 Å². The minimum atomic E-state index is 0.458. The van der Waals surface area contributed by atoms with E-state index in [1.54, 1.807) is 0 Å². The second kappa shape index (κ2) is 3.19. The SMILES string of the molecule is CC(C)c1ccc2c(c1N)OCC2C. The first-order chi connectivity index (χ1) is 6.61. The lowest BCUT2D eigenvalue weighted by Crippen LogP contribution is -1.99. The molecule has 2 nitrogen and oxygen atoms in total. The van der Waals surface area contributed by atoms with Crippen molar-refractivity contribution in [1.82, 2.24) is 0 Å². The summed E-state index contributed by atoms with van der Waals surface area (Å²) in [5.74, 6) is 1.86. The fourth-order valence-corrected chi connectivity index (χ4v) is 1.98. The smallest absolute Gasteiger partial charge is 0.146 e. The van der Waals surface area contributed by atoms with Crippen LogP contribution in [0.2, 0.25) is 0 Å². The lowest BCUT2D eigenvalue weighted by atomic mass is 9.95. The molecule has 1 heterocycles. The number of anilines is 1. The number of ether oxygens (including phenoxy) is 1. The van der Waals surface area contributed by atoms with Gasteiger partial charge in [-0.3, -0.25) is 0 Å². The van der Waals surface area contributed by atoms with Gasteiger partial charge in [0, 0.05) is 11.5 Å². The Morgan fingerprint density at radius 3 is 2.79 bits per heavy atom. The highest BCUT2D eigenvalue weighted by Gasteiger charge is 2.24. The number of benzene rings is 1. The van der Waals surface area contributed by atoms with Gasteiger partial charge in [-0.15, -0.1) is 0 Å². The van der Waals surface area contributed by atoms with Crippen molar-refractivity contribution in [3.63, 3.8) is 0 Å². The predicted molar refractivity (Wildman–Crippen MR) is 58.9 cm³/mol. The van der Waals surface area contributed by atoms with E-state index in [0.29, 0.717) is 11.8 Å². The molecule has 0 radical (unpaired) electrons. The zero-order valence-corrected chi connectivity index (χ0v) is 9.00. The Hall–Kier alpha value is -1.18. The molecule has 2 rings (SSSR count). The van der Waals surface area contributed by atoms with Gasteiger partial charge in [0.2, 0.25) is 0 Å². The molecule has 0 saturated carbocycles. The quantitative estimate of drug-likeness (QED) is 0.693. The van der Waals surface area contributed by atoms with E-state index in [9.17, 15) is 0 Å². The maximum atomic E-state index is 6.07. The molecule has 1 aromatic carbocycles. The molecule has 1 aliphatic heterocycles. The van der Waals surface area contributed by atoms with E-state index in [-0.39, 0.29) is 0 Å². The van der Waals surface area contributed by atoms with Crippen LogP contribution in [0.25, 0.3) is 0 Å². The van der Waals surface area contributed by atoms with E-state index in [0.717, 1.165) is 18.0 Å². The second-order valence-electron chi connectivity index (χ2n) is 4.35. The lowest BCUT2D eigenvalue weighted by Gasteiger charge is -2.12. The first kappa shape index (κ1) is 9.38. The van der Waals surface area contributed by atoms with E-state index in [1.807, 2.05) is 0 Å². The average molecular weight is 191 g/mol. The lowest BCUT2D eigenvalue weighted by molar-refractivity contribution is 0.338. The average Bonchev–Trinajstić information content (AvgIpc) is 2.49. The topological polar surface area (TPSA) is 35.2 Å². The van der Waals surface area contributed by atoms with Crippen LogP contribution in [-0.4, -0.2) is 6.61 Å². The van der Waals surface area contributed by atoms with Crippen LogP contribution < -0.4 is 10.5 Å². The molecule has 0 spiro atoms. The van der Waals surface area contributed by atoms with Gasteiger partial charge >= 0.3 is 0 Å². The molecule has 1 atom stereocenters. The van der Waals surface area contributed by atoms with Gasteiger partial charge in [-0.2, -0.15) is 0 Å². The molecule has 14 heavy (non-hydrogen) atoms. The fraction of sp³-hybridized carbons (Fsp3) is 0.500. The van der Waals surface area contributed by atoms with Crippen LogP contribution in [0.1, 0.15) is 43.7 Å². The first-order valence-corrected chi connectivity index (χ1v) is 5.16. The molecule has 76 valence electrons. The van der Waals surface area contributed by atoms with Crippen molar-refractivity contribution in [2.24, 2.45) is 0 Å². The first-order valence-electron chi connectivity index (χ1n) is 5.16. The van der Waals surface area contributed by atoms with Crippen molar-refractivity contribution < 1.29 is 4.74 Å². The van der Waals surface area contributed by atoms with E-state index in [1.165, 1.54) is 11.1 Å². The standard InChI is InChI=1S/C12H17NO/c1-7(2)9-4-5-10-8(3)6-14-12(10)11(9)13/h4-5,7-8H,6,13H2,1-3H3. The van der Waals surface area contributed by atoms with E-state index < -0.39 is 0 Å². The maximum Gasteiger partial charge on any atom is 0.146 e. The number of hydrogen-bond acceptors (Lipinski definition) is 2. The van der Waals surface area contributed by atoms with Crippen molar-refractivity contribution in [3.8, 4) is 5.75 Å².